The van der Waals surface area contributed by atoms with E-state index in [4.69, 9.17) is 25.7 Å². The van der Waals surface area contributed by atoms with Gasteiger partial charge in [0.15, 0.2) is 0 Å². The van der Waals surface area contributed by atoms with Crippen LogP contribution in [0, 0.1) is 12.3 Å². The zero-order valence-electron chi connectivity index (χ0n) is 11.0. The number of anilines is 1. The van der Waals surface area contributed by atoms with E-state index < -0.39 is 6.09 Å². The molecule has 1 amide bonds. The van der Waals surface area contributed by atoms with Crippen LogP contribution >= 0.6 is 0 Å². The summed E-state index contributed by atoms with van der Waals surface area (Å²) in [6.45, 7) is 2.05. The number of benzene rings is 1. The third-order valence-electron chi connectivity index (χ3n) is 2.16. The Balaban J connectivity index is 2.10. The van der Waals surface area contributed by atoms with E-state index in [9.17, 15) is 4.79 Å². The number of amides is 1. The summed E-state index contributed by atoms with van der Waals surface area (Å²) in [4.78, 5) is 10.4. The number of hydrogen-bond donors (Lipinski definition) is 2. The minimum absolute atomic E-state index is 0.288. The molecule has 0 aliphatic heterocycles. The first kappa shape index (κ1) is 15.8. The highest BCUT2D eigenvalue weighted by atomic mass is 16.5. The predicted molar refractivity (Wildman–Crippen MR) is 74.1 cm³/mol. The molecule has 0 aliphatic rings. The number of carboxylic acid groups (broad SMARTS) is 1. The van der Waals surface area contributed by atoms with Crippen LogP contribution in [0.5, 0.6) is 5.75 Å². The highest BCUT2D eigenvalue weighted by molar-refractivity contribution is 5.82. The van der Waals surface area contributed by atoms with E-state index >= 15 is 0 Å². The second-order valence-corrected chi connectivity index (χ2v) is 3.67. The predicted octanol–water partition coefficient (Wildman–Crippen LogP) is 1.82. The fourth-order valence-corrected chi connectivity index (χ4v) is 1.33. The zero-order chi connectivity index (χ0) is 14.6. The normalized spacial score (nSPS) is 9.75. The summed E-state index contributed by atoms with van der Waals surface area (Å²) in [7, 11) is 0. The number of terminal acetylenes is 1. The van der Waals surface area contributed by atoms with Gasteiger partial charge in [0.25, 0.3) is 0 Å². The Bertz CT molecular complexity index is 438. The second kappa shape index (κ2) is 9.67. The standard InChI is InChI=1S/C14H17NO5/c1-2-7-18-8-9-19-10-11-20-13-5-3-12(4-6-13)15-14(16)17/h1,3-6,15H,7-11H2,(H,16,17). The van der Waals surface area contributed by atoms with Crippen molar-refractivity contribution in [2.45, 2.75) is 0 Å². The Hall–Kier alpha value is -2.23. The molecule has 0 fully saturated rings. The summed E-state index contributed by atoms with van der Waals surface area (Å²) < 4.78 is 15.7. The summed E-state index contributed by atoms with van der Waals surface area (Å²) in [6, 6.07) is 6.61. The van der Waals surface area contributed by atoms with Gasteiger partial charge in [-0.15, -0.1) is 6.42 Å². The molecule has 1 rings (SSSR count). The van der Waals surface area contributed by atoms with Gasteiger partial charge in [0.2, 0.25) is 0 Å². The average Bonchev–Trinajstić information content (AvgIpc) is 2.43. The molecule has 2 N–H and O–H groups in total. The first-order valence-corrected chi connectivity index (χ1v) is 6.04. The van der Waals surface area contributed by atoms with Crippen molar-refractivity contribution in [1.29, 1.82) is 0 Å². The van der Waals surface area contributed by atoms with Crippen molar-refractivity contribution in [3.05, 3.63) is 24.3 Å². The van der Waals surface area contributed by atoms with E-state index in [1.165, 1.54) is 0 Å². The maximum absolute atomic E-state index is 10.4. The molecule has 0 saturated carbocycles. The largest absolute Gasteiger partial charge is 0.491 e. The Labute approximate surface area is 117 Å². The van der Waals surface area contributed by atoms with Crippen LogP contribution in [0.25, 0.3) is 0 Å². The Kier molecular flexibility index (Phi) is 7.65. The number of rotatable bonds is 9. The number of hydrogen-bond acceptors (Lipinski definition) is 4. The molecule has 1 aromatic rings. The molecular weight excluding hydrogens is 262 g/mol. The number of nitrogens with one attached hydrogen (secondary N) is 1. The zero-order valence-corrected chi connectivity index (χ0v) is 11.0. The summed E-state index contributed by atoms with van der Waals surface area (Å²) in [5.74, 6) is 3.01. The first-order chi connectivity index (χ1) is 9.72. The fourth-order valence-electron chi connectivity index (χ4n) is 1.33. The van der Waals surface area contributed by atoms with Crippen LogP contribution in [-0.2, 0) is 9.47 Å². The van der Waals surface area contributed by atoms with E-state index in [1.54, 1.807) is 24.3 Å². The molecule has 0 saturated heterocycles. The van der Waals surface area contributed by atoms with Crippen molar-refractivity contribution in [3.63, 3.8) is 0 Å². The fraction of sp³-hybridized carbons (Fsp3) is 0.357. The Morgan fingerprint density at radius 1 is 1.15 bits per heavy atom. The van der Waals surface area contributed by atoms with Crippen molar-refractivity contribution in [1.82, 2.24) is 0 Å². The smallest absolute Gasteiger partial charge is 0.409 e. The van der Waals surface area contributed by atoms with Gasteiger partial charge in [0, 0.05) is 5.69 Å². The highest BCUT2D eigenvalue weighted by Crippen LogP contribution is 2.15. The van der Waals surface area contributed by atoms with Crippen LogP contribution in [0.3, 0.4) is 0 Å². The summed E-state index contributed by atoms with van der Waals surface area (Å²) in [5.41, 5.74) is 0.492. The van der Waals surface area contributed by atoms with Crippen molar-refractivity contribution < 1.29 is 24.1 Å². The molecule has 1 aromatic carbocycles. The van der Waals surface area contributed by atoms with Gasteiger partial charge in [0.1, 0.15) is 19.0 Å². The monoisotopic (exact) mass is 279 g/mol. The quantitative estimate of drug-likeness (QED) is 0.532. The SMILES string of the molecule is C#CCOCCOCCOc1ccc(NC(=O)O)cc1. The molecule has 0 aliphatic carbocycles. The molecule has 0 heterocycles. The second-order valence-electron chi connectivity index (χ2n) is 3.67. The number of ether oxygens (including phenoxy) is 3. The molecule has 0 bridgehead atoms. The van der Waals surface area contributed by atoms with Gasteiger partial charge in [0.05, 0.1) is 19.8 Å². The minimum Gasteiger partial charge on any atom is -0.491 e. The van der Waals surface area contributed by atoms with Gasteiger partial charge < -0.3 is 19.3 Å². The summed E-state index contributed by atoms with van der Waals surface area (Å²) in [6.07, 6.45) is 3.92. The molecule has 0 radical (unpaired) electrons. The number of carbonyl (C=O) groups is 1. The van der Waals surface area contributed by atoms with Crippen LogP contribution in [0.2, 0.25) is 0 Å². The van der Waals surface area contributed by atoms with E-state index in [0.717, 1.165) is 0 Å². The third kappa shape index (κ3) is 7.26. The van der Waals surface area contributed by atoms with Crippen molar-refractivity contribution in [3.8, 4) is 18.1 Å². The van der Waals surface area contributed by atoms with Crippen LogP contribution in [0.4, 0.5) is 10.5 Å². The highest BCUT2D eigenvalue weighted by Gasteiger charge is 1.98. The van der Waals surface area contributed by atoms with Crippen LogP contribution < -0.4 is 10.1 Å². The lowest BCUT2D eigenvalue weighted by Crippen LogP contribution is -2.11. The molecule has 0 aromatic heterocycles. The van der Waals surface area contributed by atoms with Gasteiger partial charge >= 0.3 is 6.09 Å². The first-order valence-electron chi connectivity index (χ1n) is 6.04. The topological polar surface area (TPSA) is 77.0 Å². The lowest BCUT2D eigenvalue weighted by atomic mass is 10.3. The lowest BCUT2D eigenvalue weighted by Gasteiger charge is -2.08. The maximum Gasteiger partial charge on any atom is 0.409 e. The van der Waals surface area contributed by atoms with E-state index in [2.05, 4.69) is 11.2 Å². The van der Waals surface area contributed by atoms with Crippen LogP contribution in [-0.4, -0.2) is 44.2 Å². The van der Waals surface area contributed by atoms with Crippen molar-refractivity contribution >= 4 is 11.8 Å². The van der Waals surface area contributed by atoms with E-state index in [1.807, 2.05) is 0 Å². The summed E-state index contributed by atoms with van der Waals surface area (Å²) >= 11 is 0. The summed E-state index contributed by atoms with van der Waals surface area (Å²) in [5, 5.41) is 10.8. The Morgan fingerprint density at radius 3 is 2.45 bits per heavy atom. The minimum atomic E-state index is -1.10. The maximum atomic E-state index is 10.4. The van der Waals surface area contributed by atoms with E-state index in [-0.39, 0.29) is 6.61 Å². The van der Waals surface area contributed by atoms with Gasteiger partial charge in [-0.3, -0.25) is 5.32 Å². The van der Waals surface area contributed by atoms with Gasteiger partial charge in [-0.05, 0) is 24.3 Å². The lowest BCUT2D eigenvalue weighted by molar-refractivity contribution is 0.0462. The van der Waals surface area contributed by atoms with Crippen molar-refractivity contribution in [2.24, 2.45) is 0 Å². The van der Waals surface area contributed by atoms with Gasteiger partial charge in [-0.2, -0.15) is 0 Å². The van der Waals surface area contributed by atoms with Gasteiger partial charge in [-0.25, -0.2) is 4.79 Å². The van der Waals surface area contributed by atoms with Gasteiger partial charge in [-0.1, -0.05) is 5.92 Å². The van der Waals surface area contributed by atoms with Crippen LogP contribution in [0.1, 0.15) is 0 Å². The molecular formula is C14H17NO5. The molecule has 6 heteroatoms. The van der Waals surface area contributed by atoms with Crippen molar-refractivity contribution in [2.75, 3.05) is 38.4 Å². The molecule has 20 heavy (non-hydrogen) atoms. The van der Waals surface area contributed by atoms with E-state index in [0.29, 0.717) is 37.9 Å². The molecule has 0 spiro atoms. The molecule has 6 nitrogen and oxygen atoms in total. The third-order valence-corrected chi connectivity index (χ3v) is 2.16. The molecule has 108 valence electrons. The Morgan fingerprint density at radius 2 is 1.80 bits per heavy atom. The van der Waals surface area contributed by atoms with Crippen LogP contribution in [0.15, 0.2) is 24.3 Å². The molecule has 0 atom stereocenters. The molecule has 0 unspecified atom stereocenters. The average molecular weight is 279 g/mol.